The molecule has 5 heteroatoms. The van der Waals surface area contributed by atoms with Gasteiger partial charge in [-0.15, -0.1) is 0 Å². The first-order valence-electron chi connectivity index (χ1n) is 3.44. The maximum Gasteiger partial charge on any atom is 0.418 e. The number of halogens is 3. The second kappa shape index (κ2) is 2.65. The van der Waals surface area contributed by atoms with E-state index in [1.165, 1.54) is 19.3 Å². The molecule has 2 unspecified atom stereocenters. The summed E-state index contributed by atoms with van der Waals surface area (Å²) in [5.74, 6) is 0. The molecule has 0 saturated heterocycles. The van der Waals surface area contributed by atoms with E-state index < -0.39 is 17.9 Å². The largest absolute Gasteiger partial charge is 0.492 e. The third-order valence-corrected chi connectivity index (χ3v) is 1.85. The Morgan fingerprint density at radius 3 is 2.50 bits per heavy atom. The molecule has 1 rings (SSSR count). The highest BCUT2D eigenvalue weighted by Gasteiger charge is 2.52. The van der Waals surface area contributed by atoms with Crippen molar-refractivity contribution >= 4 is 0 Å². The molecule has 0 aliphatic carbocycles. The Bertz CT molecular complexity index is 189. The average Bonchev–Trinajstić information content (AvgIpc) is 2.34. The van der Waals surface area contributed by atoms with Crippen LogP contribution in [0.2, 0.25) is 0 Å². The predicted molar refractivity (Wildman–Crippen MR) is 35.3 cm³/mol. The molecule has 0 bridgehead atoms. The fraction of sp³-hybridized carbons (Fsp3) is 0.714. The first-order chi connectivity index (χ1) is 5.36. The van der Waals surface area contributed by atoms with E-state index in [9.17, 15) is 13.2 Å². The first kappa shape index (κ1) is 9.38. The molecule has 1 aliphatic rings. The van der Waals surface area contributed by atoms with Gasteiger partial charge in [-0.2, -0.15) is 13.2 Å². The Morgan fingerprint density at radius 2 is 2.17 bits per heavy atom. The minimum Gasteiger partial charge on any atom is -0.492 e. The summed E-state index contributed by atoms with van der Waals surface area (Å²) < 4.78 is 40.6. The Kier molecular flexibility index (Phi) is 2.07. The molecular formula is C7H9F3O2. The number of rotatable bonds is 1. The highest BCUT2D eigenvalue weighted by Crippen LogP contribution is 2.35. The number of ether oxygens (including phenoxy) is 1. The molecule has 2 nitrogen and oxygen atoms in total. The number of hydrogen-bond donors (Lipinski definition) is 1. The van der Waals surface area contributed by atoms with Gasteiger partial charge in [0.2, 0.25) is 0 Å². The molecule has 2 atom stereocenters. The Labute approximate surface area is 67.6 Å². The molecule has 0 aromatic rings. The van der Waals surface area contributed by atoms with E-state index in [-0.39, 0.29) is 6.42 Å². The molecule has 0 aromatic carbocycles. The van der Waals surface area contributed by atoms with Gasteiger partial charge < -0.3 is 9.84 Å². The molecular weight excluding hydrogens is 173 g/mol. The molecule has 70 valence electrons. The SMILES string of the molecule is CC1(C(O)C(F)(F)F)CC=CO1. The molecule has 0 saturated carbocycles. The van der Waals surface area contributed by atoms with Crippen LogP contribution in [0.25, 0.3) is 0 Å². The second-order valence-corrected chi connectivity index (χ2v) is 2.95. The van der Waals surface area contributed by atoms with Crippen molar-refractivity contribution in [1.82, 2.24) is 0 Å². The van der Waals surface area contributed by atoms with Crippen LogP contribution in [0, 0.1) is 0 Å². The fourth-order valence-electron chi connectivity index (χ4n) is 1.06. The van der Waals surface area contributed by atoms with Crippen LogP contribution in [0.15, 0.2) is 12.3 Å². The smallest absolute Gasteiger partial charge is 0.418 e. The molecule has 1 N–H and O–H groups in total. The lowest BCUT2D eigenvalue weighted by Crippen LogP contribution is -2.48. The Hall–Kier alpha value is -0.710. The van der Waals surface area contributed by atoms with E-state index in [0.29, 0.717) is 0 Å². The van der Waals surface area contributed by atoms with Crippen molar-refractivity contribution in [3.8, 4) is 0 Å². The van der Waals surface area contributed by atoms with Crippen LogP contribution in [0.5, 0.6) is 0 Å². The lowest BCUT2D eigenvalue weighted by atomic mass is 9.96. The maximum absolute atomic E-state index is 12.0. The van der Waals surface area contributed by atoms with Gasteiger partial charge in [-0.25, -0.2) is 0 Å². The van der Waals surface area contributed by atoms with Gasteiger partial charge in [-0.3, -0.25) is 0 Å². The monoisotopic (exact) mass is 182 g/mol. The van der Waals surface area contributed by atoms with Crippen molar-refractivity contribution in [2.75, 3.05) is 0 Å². The van der Waals surface area contributed by atoms with E-state index in [4.69, 9.17) is 5.11 Å². The zero-order valence-electron chi connectivity index (χ0n) is 6.43. The van der Waals surface area contributed by atoms with Crippen LogP contribution in [0.4, 0.5) is 13.2 Å². The number of aliphatic hydroxyl groups is 1. The predicted octanol–water partition coefficient (Wildman–Crippen LogP) is 1.60. The van der Waals surface area contributed by atoms with Crippen LogP contribution in [-0.4, -0.2) is 23.0 Å². The second-order valence-electron chi connectivity index (χ2n) is 2.95. The molecule has 1 heterocycles. The summed E-state index contributed by atoms with van der Waals surface area (Å²) in [6.45, 7) is 1.23. The minimum atomic E-state index is -4.62. The fourth-order valence-corrected chi connectivity index (χ4v) is 1.06. The van der Waals surface area contributed by atoms with Crippen LogP contribution in [0.3, 0.4) is 0 Å². The zero-order valence-corrected chi connectivity index (χ0v) is 6.43. The number of hydrogen-bond acceptors (Lipinski definition) is 2. The molecule has 12 heavy (non-hydrogen) atoms. The van der Waals surface area contributed by atoms with Crippen molar-refractivity contribution in [3.63, 3.8) is 0 Å². The van der Waals surface area contributed by atoms with Gasteiger partial charge in [0.1, 0.15) is 5.60 Å². The molecule has 1 aliphatic heterocycles. The van der Waals surface area contributed by atoms with Gasteiger partial charge >= 0.3 is 6.18 Å². The number of aliphatic hydroxyl groups excluding tert-OH is 1. The van der Waals surface area contributed by atoms with Gasteiger partial charge in [-0.05, 0) is 13.0 Å². The van der Waals surface area contributed by atoms with Gasteiger partial charge in [0, 0.05) is 6.42 Å². The summed E-state index contributed by atoms with van der Waals surface area (Å²) in [5.41, 5.74) is -1.54. The van der Waals surface area contributed by atoms with Crippen LogP contribution >= 0.6 is 0 Å². The molecule has 0 radical (unpaired) electrons. The van der Waals surface area contributed by atoms with Crippen molar-refractivity contribution in [1.29, 1.82) is 0 Å². The minimum absolute atomic E-state index is 0.0771. The summed E-state index contributed by atoms with van der Waals surface area (Å²) in [7, 11) is 0. The van der Waals surface area contributed by atoms with E-state index in [1.807, 2.05) is 0 Å². The number of alkyl halides is 3. The van der Waals surface area contributed by atoms with Crippen molar-refractivity contribution in [2.24, 2.45) is 0 Å². The Balaban J connectivity index is 2.69. The average molecular weight is 182 g/mol. The molecule has 0 fully saturated rings. The summed E-state index contributed by atoms with van der Waals surface area (Å²) in [5, 5.41) is 8.85. The van der Waals surface area contributed by atoms with E-state index in [2.05, 4.69) is 4.74 Å². The van der Waals surface area contributed by atoms with Gasteiger partial charge in [-0.1, -0.05) is 0 Å². The van der Waals surface area contributed by atoms with Crippen molar-refractivity contribution in [2.45, 2.75) is 31.2 Å². The first-order valence-corrected chi connectivity index (χ1v) is 3.44. The molecule has 0 aromatic heterocycles. The molecule has 0 spiro atoms. The van der Waals surface area contributed by atoms with E-state index in [1.54, 1.807) is 0 Å². The summed E-state index contributed by atoms with van der Waals surface area (Å²) in [4.78, 5) is 0. The van der Waals surface area contributed by atoms with Crippen LogP contribution in [-0.2, 0) is 4.74 Å². The zero-order chi connectivity index (χ0) is 9.41. The third-order valence-electron chi connectivity index (χ3n) is 1.85. The highest BCUT2D eigenvalue weighted by molar-refractivity contribution is 5.01. The standard InChI is InChI=1S/C7H9F3O2/c1-6(3-2-4-12-6)5(11)7(8,9)10/h2,4-5,11H,3H2,1H3. The summed E-state index contributed by atoms with van der Waals surface area (Å²) in [6, 6.07) is 0. The van der Waals surface area contributed by atoms with Gasteiger partial charge in [0.05, 0.1) is 6.26 Å². The lowest BCUT2D eigenvalue weighted by Gasteiger charge is -2.30. The quantitative estimate of drug-likeness (QED) is 0.667. The van der Waals surface area contributed by atoms with Gasteiger partial charge in [0.15, 0.2) is 6.10 Å². The van der Waals surface area contributed by atoms with E-state index >= 15 is 0 Å². The van der Waals surface area contributed by atoms with Crippen LogP contribution in [0.1, 0.15) is 13.3 Å². The van der Waals surface area contributed by atoms with E-state index in [0.717, 1.165) is 0 Å². The topological polar surface area (TPSA) is 29.5 Å². The van der Waals surface area contributed by atoms with Gasteiger partial charge in [0.25, 0.3) is 0 Å². The van der Waals surface area contributed by atoms with Crippen molar-refractivity contribution < 1.29 is 23.0 Å². The lowest BCUT2D eigenvalue weighted by molar-refractivity contribution is -0.250. The highest BCUT2D eigenvalue weighted by atomic mass is 19.4. The summed E-state index contributed by atoms with van der Waals surface area (Å²) >= 11 is 0. The van der Waals surface area contributed by atoms with Crippen molar-refractivity contribution in [3.05, 3.63) is 12.3 Å². The third kappa shape index (κ3) is 1.55. The summed E-state index contributed by atoms with van der Waals surface area (Å²) in [6.07, 6.45) is -4.35. The van der Waals surface area contributed by atoms with Crippen LogP contribution < -0.4 is 0 Å². The molecule has 0 amide bonds. The normalized spacial score (nSPS) is 31.8. The maximum atomic E-state index is 12.0. The Morgan fingerprint density at radius 1 is 1.58 bits per heavy atom.